The van der Waals surface area contributed by atoms with Crippen LogP contribution in [-0.4, -0.2) is 29.9 Å². The van der Waals surface area contributed by atoms with Gasteiger partial charge in [-0.15, -0.1) is 0 Å². The van der Waals surface area contributed by atoms with Crippen molar-refractivity contribution in [1.82, 2.24) is 4.90 Å². The fourth-order valence-electron chi connectivity index (χ4n) is 3.62. The predicted octanol–water partition coefficient (Wildman–Crippen LogP) is 4.95. The highest BCUT2D eigenvalue weighted by molar-refractivity contribution is 5.87. The smallest absolute Gasteiger partial charge is 0.157 e. The third-order valence-corrected chi connectivity index (χ3v) is 4.86. The van der Waals surface area contributed by atoms with Crippen LogP contribution < -0.4 is 0 Å². The molecule has 0 bridgehead atoms. The maximum Gasteiger partial charge on any atom is 0.157 e. The Morgan fingerprint density at radius 1 is 1.22 bits per heavy atom. The summed E-state index contributed by atoms with van der Waals surface area (Å²) in [5, 5.41) is 0. The van der Waals surface area contributed by atoms with Crippen molar-refractivity contribution >= 4 is 5.78 Å². The van der Waals surface area contributed by atoms with Gasteiger partial charge in [0.1, 0.15) is 6.17 Å². The number of likely N-dealkylation sites (tertiary alicyclic amines) is 1. The number of hydrogen-bond acceptors (Lipinski definition) is 2. The summed E-state index contributed by atoms with van der Waals surface area (Å²) in [6, 6.07) is 9.66. The molecule has 3 heteroatoms. The second kappa shape index (κ2) is 9.17. The van der Waals surface area contributed by atoms with Gasteiger partial charge in [0.15, 0.2) is 5.78 Å². The van der Waals surface area contributed by atoms with Gasteiger partial charge in [-0.05, 0) is 24.8 Å². The van der Waals surface area contributed by atoms with Crippen LogP contribution in [0.15, 0.2) is 30.3 Å². The first-order valence-electron chi connectivity index (χ1n) is 9.14. The van der Waals surface area contributed by atoms with Crippen LogP contribution in [0, 0.1) is 5.92 Å². The highest BCUT2D eigenvalue weighted by Crippen LogP contribution is 2.32. The summed E-state index contributed by atoms with van der Waals surface area (Å²) in [5.41, 5.74) is 1.02. The lowest BCUT2D eigenvalue weighted by Gasteiger charge is -2.30. The lowest BCUT2D eigenvalue weighted by molar-refractivity contribution is -0.128. The summed E-state index contributed by atoms with van der Waals surface area (Å²) in [4.78, 5) is 15.3. The fourth-order valence-corrected chi connectivity index (χ4v) is 3.62. The number of benzene rings is 1. The summed E-state index contributed by atoms with van der Waals surface area (Å²) in [6.45, 7) is 5.37. The number of hydrogen-bond donors (Lipinski definition) is 0. The molecule has 23 heavy (non-hydrogen) atoms. The molecule has 1 saturated heterocycles. The van der Waals surface area contributed by atoms with Gasteiger partial charge in [0.2, 0.25) is 0 Å². The van der Waals surface area contributed by atoms with Crippen molar-refractivity contribution in [2.45, 2.75) is 64.6 Å². The van der Waals surface area contributed by atoms with Crippen LogP contribution in [0.5, 0.6) is 0 Å². The lowest BCUT2D eigenvalue weighted by Crippen LogP contribution is -2.36. The molecule has 0 spiro atoms. The summed E-state index contributed by atoms with van der Waals surface area (Å²) in [5.74, 6) is 0.393. The van der Waals surface area contributed by atoms with Crippen molar-refractivity contribution in [3.05, 3.63) is 35.9 Å². The van der Waals surface area contributed by atoms with E-state index in [0.717, 1.165) is 37.7 Å². The van der Waals surface area contributed by atoms with E-state index in [2.05, 4.69) is 18.7 Å². The average molecular weight is 319 g/mol. The second-order valence-electron chi connectivity index (χ2n) is 6.72. The van der Waals surface area contributed by atoms with Crippen LogP contribution in [0.2, 0.25) is 0 Å². The van der Waals surface area contributed by atoms with E-state index in [1.807, 2.05) is 30.3 Å². The minimum atomic E-state index is -0.797. The van der Waals surface area contributed by atoms with Crippen molar-refractivity contribution in [1.29, 1.82) is 0 Å². The van der Waals surface area contributed by atoms with Crippen molar-refractivity contribution < 1.29 is 9.18 Å². The highest BCUT2D eigenvalue weighted by Gasteiger charge is 2.36. The molecule has 1 aromatic carbocycles. The van der Waals surface area contributed by atoms with Gasteiger partial charge in [-0.3, -0.25) is 9.69 Å². The van der Waals surface area contributed by atoms with Gasteiger partial charge in [0.05, 0.1) is 6.04 Å². The molecule has 0 saturated carbocycles. The first-order chi connectivity index (χ1) is 11.2. The van der Waals surface area contributed by atoms with Crippen LogP contribution in [-0.2, 0) is 4.79 Å². The molecular weight excluding hydrogens is 289 g/mol. The van der Waals surface area contributed by atoms with Crippen LogP contribution in [0.3, 0.4) is 0 Å². The zero-order chi connectivity index (χ0) is 16.7. The molecule has 1 fully saturated rings. The van der Waals surface area contributed by atoms with E-state index in [4.69, 9.17) is 0 Å². The number of alkyl halides is 1. The first-order valence-corrected chi connectivity index (χ1v) is 9.14. The van der Waals surface area contributed by atoms with Crippen molar-refractivity contribution in [2.75, 3.05) is 13.1 Å². The molecule has 1 aliphatic heterocycles. The van der Waals surface area contributed by atoms with Gasteiger partial charge < -0.3 is 0 Å². The van der Waals surface area contributed by atoms with E-state index in [9.17, 15) is 9.18 Å². The molecular formula is C20H30FNO. The molecule has 0 N–H and O–H groups in total. The normalized spacial score (nSPS) is 21.3. The number of nitrogens with zero attached hydrogens (tertiary/aromatic N) is 1. The van der Waals surface area contributed by atoms with Crippen molar-refractivity contribution in [2.24, 2.45) is 5.92 Å². The first kappa shape index (κ1) is 18.1. The Morgan fingerprint density at radius 3 is 2.52 bits per heavy atom. The topological polar surface area (TPSA) is 20.3 Å². The maximum absolute atomic E-state index is 13.7. The quantitative estimate of drug-likeness (QED) is 0.642. The van der Waals surface area contributed by atoms with E-state index in [0.29, 0.717) is 25.3 Å². The predicted molar refractivity (Wildman–Crippen MR) is 93.2 cm³/mol. The number of Topliss-reactive ketones (excluding diaryl/α,β-unsaturated/α-hetero) is 1. The van der Waals surface area contributed by atoms with Crippen molar-refractivity contribution in [3.8, 4) is 0 Å². The second-order valence-corrected chi connectivity index (χ2v) is 6.72. The number of carbonyl (C=O) groups is 1. The molecule has 2 nitrogen and oxygen atoms in total. The van der Waals surface area contributed by atoms with Gasteiger partial charge in [-0.2, -0.15) is 0 Å². The standard InChI is InChI=1S/C20H30FNO/c1-3-5-10-17(9-4-2)20(23)19(16-11-7-6-8-12-16)22-14-13-18(21)15-22/h6-8,11-12,17-19H,3-5,9-10,13-15H2,1-2H3/t17?,18-,19+/m0/s1. The number of carbonyl (C=O) groups excluding carboxylic acids is 1. The largest absolute Gasteiger partial charge is 0.297 e. The summed E-state index contributed by atoms with van der Waals surface area (Å²) >= 11 is 0. The van der Waals surface area contributed by atoms with Crippen LogP contribution in [0.1, 0.15) is 64.0 Å². The van der Waals surface area contributed by atoms with E-state index >= 15 is 0 Å². The van der Waals surface area contributed by atoms with Crippen molar-refractivity contribution in [3.63, 3.8) is 0 Å². The third kappa shape index (κ3) is 4.87. The molecule has 0 radical (unpaired) electrons. The van der Waals surface area contributed by atoms with E-state index in [1.165, 1.54) is 0 Å². The maximum atomic E-state index is 13.7. The Balaban J connectivity index is 2.22. The fraction of sp³-hybridized carbons (Fsp3) is 0.650. The SMILES string of the molecule is CCCCC(CCC)C(=O)[C@@H](c1ccccc1)N1CC[C@H](F)C1. The van der Waals surface area contributed by atoms with Gasteiger partial charge in [-0.1, -0.05) is 63.4 Å². The van der Waals surface area contributed by atoms with Gasteiger partial charge >= 0.3 is 0 Å². The Labute approximate surface area is 140 Å². The van der Waals surface area contributed by atoms with Crippen LogP contribution in [0.25, 0.3) is 0 Å². The molecule has 128 valence electrons. The van der Waals surface area contributed by atoms with Gasteiger partial charge in [-0.25, -0.2) is 4.39 Å². The number of halogens is 1. The third-order valence-electron chi connectivity index (χ3n) is 4.86. The zero-order valence-corrected chi connectivity index (χ0v) is 14.5. The number of ketones is 1. The molecule has 2 rings (SSSR count). The van der Waals surface area contributed by atoms with Gasteiger partial charge in [0, 0.05) is 19.0 Å². The molecule has 0 aromatic heterocycles. The summed E-state index contributed by atoms with van der Waals surface area (Å²) in [6.07, 6.45) is 4.87. The molecule has 1 aromatic rings. The Bertz CT molecular complexity index is 476. The Kier molecular flexibility index (Phi) is 7.22. The van der Waals surface area contributed by atoms with Crippen LogP contribution >= 0.6 is 0 Å². The minimum Gasteiger partial charge on any atom is -0.297 e. The molecule has 1 aliphatic rings. The number of rotatable bonds is 9. The monoisotopic (exact) mass is 319 g/mol. The molecule has 1 unspecified atom stereocenters. The molecule has 1 heterocycles. The van der Waals surface area contributed by atoms with E-state index in [-0.39, 0.29) is 12.0 Å². The molecule has 3 atom stereocenters. The molecule has 0 aliphatic carbocycles. The van der Waals surface area contributed by atoms with Crippen LogP contribution in [0.4, 0.5) is 4.39 Å². The lowest BCUT2D eigenvalue weighted by atomic mass is 9.86. The minimum absolute atomic E-state index is 0.101. The molecule has 0 amide bonds. The average Bonchev–Trinajstić information content (AvgIpc) is 2.98. The summed E-state index contributed by atoms with van der Waals surface area (Å²) in [7, 11) is 0. The Hall–Kier alpha value is -1.22. The van der Waals surface area contributed by atoms with E-state index < -0.39 is 6.17 Å². The van der Waals surface area contributed by atoms with Gasteiger partial charge in [0.25, 0.3) is 0 Å². The zero-order valence-electron chi connectivity index (χ0n) is 14.5. The summed E-state index contributed by atoms with van der Waals surface area (Å²) < 4.78 is 13.7. The number of unbranched alkanes of at least 4 members (excludes halogenated alkanes) is 1. The Morgan fingerprint density at radius 2 is 1.96 bits per heavy atom. The van der Waals surface area contributed by atoms with E-state index in [1.54, 1.807) is 0 Å². The highest BCUT2D eigenvalue weighted by atomic mass is 19.1.